The number of unbranched alkanes of at least 4 members (excludes halogenated alkanes) is 1. The number of carbonyl (C=O) groups is 2. The van der Waals surface area contributed by atoms with Crippen LogP contribution in [0, 0.1) is 0 Å². The van der Waals surface area contributed by atoms with Crippen molar-refractivity contribution in [2.75, 3.05) is 20.8 Å². The minimum atomic E-state index is -0.871. The lowest BCUT2D eigenvalue weighted by Gasteiger charge is -2.33. The van der Waals surface area contributed by atoms with E-state index in [9.17, 15) is 9.59 Å². The molecule has 1 aliphatic rings. The standard InChI is InChI=1S/C27H35N5O4/c1-4-5-16-31(25(33)18-32-23-13-9-8-12-22(23)29-30-32)26(27(34)28-19-10-6-7-11-19)21-17-20(35-2)14-15-24(21)36-3/h8-9,12-15,17,19,26H,4-7,10-11,16,18H2,1-3H3,(H,28,34)/t26-/m0/s1. The number of nitrogens with one attached hydrogen (secondary N) is 1. The van der Waals surface area contributed by atoms with Gasteiger partial charge in [0.05, 0.1) is 19.7 Å². The molecule has 4 rings (SSSR count). The average Bonchev–Trinajstić information content (AvgIpc) is 3.56. The molecule has 1 saturated carbocycles. The van der Waals surface area contributed by atoms with Gasteiger partial charge in [0.25, 0.3) is 0 Å². The molecule has 1 N–H and O–H groups in total. The molecule has 0 unspecified atom stereocenters. The van der Waals surface area contributed by atoms with Crippen LogP contribution in [0.25, 0.3) is 11.0 Å². The number of rotatable bonds is 11. The molecule has 1 aliphatic carbocycles. The molecule has 36 heavy (non-hydrogen) atoms. The average molecular weight is 494 g/mol. The van der Waals surface area contributed by atoms with Gasteiger partial charge in [0.2, 0.25) is 11.8 Å². The smallest absolute Gasteiger partial charge is 0.247 e. The summed E-state index contributed by atoms with van der Waals surface area (Å²) in [5.74, 6) is 0.703. The van der Waals surface area contributed by atoms with E-state index in [0.717, 1.165) is 49.6 Å². The van der Waals surface area contributed by atoms with E-state index < -0.39 is 6.04 Å². The van der Waals surface area contributed by atoms with Gasteiger partial charge in [-0.15, -0.1) is 5.10 Å². The molecule has 2 aromatic carbocycles. The summed E-state index contributed by atoms with van der Waals surface area (Å²) in [5.41, 5.74) is 2.09. The number of aromatic nitrogens is 3. The minimum Gasteiger partial charge on any atom is -0.497 e. The molecular weight excluding hydrogens is 458 g/mol. The number of hydrogen-bond acceptors (Lipinski definition) is 6. The van der Waals surface area contributed by atoms with Crippen LogP contribution in [0.3, 0.4) is 0 Å². The van der Waals surface area contributed by atoms with Crippen LogP contribution in [-0.4, -0.2) is 58.5 Å². The second kappa shape index (κ2) is 11.9. The third-order valence-electron chi connectivity index (χ3n) is 6.77. The molecule has 9 nitrogen and oxygen atoms in total. The maximum absolute atomic E-state index is 13.9. The highest BCUT2D eigenvalue weighted by Crippen LogP contribution is 2.34. The maximum Gasteiger partial charge on any atom is 0.247 e. The monoisotopic (exact) mass is 493 g/mol. The van der Waals surface area contributed by atoms with Gasteiger partial charge in [0.15, 0.2) is 0 Å². The second-order valence-electron chi connectivity index (χ2n) is 9.18. The van der Waals surface area contributed by atoms with E-state index in [4.69, 9.17) is 9.47 Å². The largest absolute Gasteiger partial charge is 0.497 e. The summed E-state index contributed by atoms with van der Waals surface area (Å²) in [6, 6.07) is 12.1. The molecular formula is C27H35N5O4. The summed E-state index contributed by atoms with van der Waals surface area (Å²) in [6.07, 6.45) is 5.71. The van der Waals surface area contributed by atoms with Gasteiger partial charge >= 0.3 is 0 Å². The zero-order chi connectivity index (χ0) is 25.5. The molecule has 0 spiro atoms. The van der Waals surface area contributed by atoms with Crippen LogP contribution in [0.1, 0.15) is 57.1 Å². The maximum atomic E-state index is 13.9. The second-order valence-corrected chi connectivity index (χ2v) is 9.18. The lowest BCUT2D eigenvalue weighted by molar-refractivity contribution is -0.142. The Hall–Kier alpha value is -3.62. The van der Waals surface area contributed by atoms with E-state index in [-0.39, 0.29) is 24.4 Å². The Kier molecular flexibility index (Phi) is 8.40. The molecule has 0 aliphatic heterocycles. The first-order chi connectivity index (χ1) is 17.5. The lowest BCUT2D eigenvalue weighted by atomic mass is 10.0. The number of para-hydroxylation sites is 1. The number of nitrogens with zero attached hydrogens (tertiary/aromatic N) is 4. The van der Waals surface area contributed by atoms with Crippen molar-refractivity contribution < 1.29 is 19.1 Å². The van der Waals surface area contributed by atoms with Crippen LogP contribution in [0.4, 0.5) is 0 Å². The van der Waals surface area contributed by atoms with Gasteiger partial charge in [0.1, 0.15) is 29.6 Å². The van der Waals surface area contributed by atoms with Crippen LogP contribution in [0.2, 0.25) is 0 Å². The van der Waals surface area contributed by atoms with Gasteiger partial charge in [-0.2, -0.15) is 0 Å². The molecule has 1 atom stereocenters. The summed E-state index contributed by atoms with van der Waals surface area (Å²) >= 11 is 0. The molecule has 1 aromatic heterocycles. The Morgan fingerprint density at radius 1 is 1.14 bits per heavy atom. The highest BCUT2D eigenvalue weighted by molar-refractivity contribution is 5.90. The molecule has 9 heteroatoms. The van der Waals surface area contributed by atoms with Crippen molar-refractivity contribution in [3.05, 3.63) is 48.0 Å². The zero-order valence-electron chi connectivity index (χ0n) is 21.3. The SMILES string of the molecule is CCCCN(C(=O)Cn1nnc2ccccc21)[C@H](C(=O)NC1CCCC1)c1cc(OC)ccc1OC. The molecule has 1 heterocycles. The number of amides is 2. The van der Waals surface area contributed by atoms with Crippen molar-refractivity contribution in [1.29, 1.82) is 0 Å². The quantitative estimate of drug-likeness (QED) is 0.435. The lowest BCUT2D eigenvalue weighted by Crippen LogP contribution is -2.47. The van der Waals surface area contributed by atoms with Gasteiger partial charge in [-0.1, -0.05) is 43.5 Å². The van der Waals surface area contributed by atoms with Crippen LogP contribution in [0.5, 0.6) is 11.5 Å². The van der Waals surface area contributed by atoms with E-state index >= 15 is 0 Å². The van der Waals surface area contributed by atoms with Crippen LogP contribution < -0.4 is 14.8 Å². The third-order valence-corrected chi connectivity index (χ3v) is 6.77. The van der Waals surface area contributed by atoms with Gasteiger partial charge < -0.3 is 19.7 Å². The Morgan fingerprint density at radius 2 is 1.92 bits per heavy atom. The van der Waals surface area contributed by atoms with Gasteiger partial charge in [-0.25, -0.2) is 4.68 Å². The first kappa shape index (κ1) is 25.5. The predicted octanol–water partition coefficient (Wildman–Crippen LogP) is 3.88. The summed E-state index contributed by atoms with van der Waals surface area (Å²) in [4.78, 5) is 29.4. The van der Waals surface area contributed by atoms with Gasteiger partial charge in [-0.05, 0) is 49.6 Å². The van der Waals surface area contributed by atoms with Crippen molar-refractivity contribution in [3.63, 3.8) is 0 Å². The van der Waals surface area contributed by atoms with Gasteiger partial charge in [0, 0.05) is 18.2 Å². The summed E-state index contributed by atoms with van der Waals surface area (Å²) in [6.45, 7) is 2.46. The number of benzene rings is 2. The van der Waals surface area contributed by atoms with Crippen molar-refractivity contribution >= 4 is 22.8 Å². The van der Waals surface area contributed by atoms with Crippen molar-refractivity contribution in [2.45, 2.75) is 64.1 Å². The zero-order valence-corrected chi connectivity index (χ0v) is 21.3. The van der Waals surface area contributed by atoms with Gasteiger partial charge in [-0.3, -0.25) is 9.59 Å². The molecule has 3 aromatic rings. The van der Waals surface area contributed by atoms with E-state index in [1.165, 1.54) is 0 Å². The van der Waals surface area contributed by atoms with E-state index in [2.05, 4.69) is 22.6 Å². The predicted molar refractivity (Wildman–Crippen MR) is 137 cm³/mol. The van der Waals surface area contributed by atoms with Crippen LogP contribution in [-0.2, 0) is 16.1 Å². The fourth-order valence-electron chi connectivity index (χ4n) is 4.83. The Balaban J connectivity index is 1.73. The molecule has 0 bridgehead atoms. The fraction of sp³-hybridized carbons (Fsp3) is 0.481. The molecule has 0 radical (unpaired) electrons. The molecule has 1 fully saturated rings. The Labute approximate surface area is 211 Å². The Bertz CT molecular complexity index is 1190. The summed E-state index contributed by atoms with van der Waals surface area (Å²) in [5, 5.41) is 11.6. The molecule has 2 amide bonds. The van der Waals surface area contributed by atoms with E-state index in [1.807, 2.05) is 24.3 Å². The van der Waals surface area contributed by atoms with Crippen molar-refractivity contribution in [3.8, 4) is 11.5 Å². The number of carbonyl (C=O) groups excluding carboxylic acids is 2. The summed E-state index contributed by atoms with van der Waals surface area (Å²) in [7, 11) is 3.14. The number of fused-ring (bicyclic) bond motifs is 1. The number of methoxy groups -OCH3 is 2. The fourth-order valence-corrected chi connectivity index (χ4v) is 4.83. The van der Waals surface area contributed by atoms with Crippen molar-refractivity contribution in [1.82, 2.24) is 25.2 Å². The first-order valence-corrected chi connectivity index (χ1v) is 12.7. The van der Waals surface area contributed by atoms with Crippen LogP contribution >= 0.6 is 0 Å². The normalized spacial score (nSPS) is 14.5. The third kappa shape index (κ3) is 5.61. The van der Waals surface area contributed by atoms with E-state index in [1.54, 1.807) is 42.0 Å². The van der Waals surface area contributed by atoms with Crippen molar-refractivity contribution in [2.24, 2.45) is 0 Å². The highest BCUT2D eigenvalue weighted by Gasteiger charge is 2.35. The topological polar surface area (TPSA) is 98.6 Å². The van der Waals surface area contributed by atoms with Crippen LogP contribution in [0.15, 0.2) is 42.5 Å². The molecule has 192 valence electrons. The van der Waals surface area contributed by atoms with E-state index in [0.29, 0.717) is 23.6 Å². The number of hydrogen-bond donors (Lipinski definition) is 1. The molecule has 0 saturated heterocycles. The Morgan fingerprint density at radius 3 is 2.64 bits per heavy atom. The minimum absolute atomic E-state index is 0.0241. The number of ether oxygens (including phenoxy) is 2. The first-order valence-electron chi connectivity index (χ1n) is 12.7. The summed E-state index contributed by atoms with van der Waals surface area (Å²) < 4.78 is 12.7. The highest BCUT2D eigenvalue weighted by atomic mass is 16.5.